The molecule has 0 radical (unpaired) electrons. The molecule has 2 aromatic rings. The van der Waals surface area contributed by atoms with E-state index in [0.717, 1.165) is 6.07 Å². The first-order valence-electron chi connectivity index (χ1n) is 10.1. The summed E-state index contributed by atoms with van der Waals surface area (Å²) in [5, 5.41) is 17.0. The van der Waals surface area contributed by atoms with Gasteiger partial charge in [-0.3, -0.25) is 0 Å². The smallest absolute Gasteiger partial charge is 0.337 e. The lowest BCUT2D eigenvalue weighted by atomic mass is 10.0. The molecule has 0 amide bonds. The number of benzene rings is 2. The number of carboxylic acids is 2. The topological polar surface area (TPSA) is 127 Å². The Hall–Kier alpha value is -3.68. The fraction of sp³-hybridized carbons (Fsp3) is 0.333. The minimum Gasteiger partial charge on any atom is -0.478 e. The van der Waals surface area contributed by atoms with Crippen LogP contribution < -0.4 is 0 Å². The Bertz CT molecular complexity index is 823. The summed E-state index contributed by atoms with van der Waals surface area (Å²) in [5.41, 5.74) is 0.769. The van der Waals surface area contributed by atoms with E-state index in [4.69, 9.17) is 10.2 Å². The Balaban J connectivity index is 0.000000257. The van der Waals surface area contributed by atoms with Crippen LogP contribution in [0.15, 0.2) is 48.5 Å². The predicted molar refractivity (Wildman–Crippen MR) is 117 cm³/mol. The Morgan fingerprint density at radius 3 is 1.16 bits per heavy atom. The third-order valence-electron chi connectivity index (χ3n) is 4.58. The average Bonchev–Trinajstić information content (AvgIpc) is 2.85. The number of carbonyl (C=O) groups excluding carboxylic acids is 2. The summed E-state index contributed by atoms with van der Waals surface area (Å²) in [6, 6.07) is 11.2. The molecule has 1 aliphatic rings. The number of aromatic carboxylic acids is 2. The summed E-state index contributed by atoms with van der Waals surface area (Å²) in [4.78, 5) is 42.8. The van der Waals surface area contributed by atoms with E-state index in [1.54, 1.807) is 0 Å². The third-order valence-corrected chi connectivity index (χ3v) is 4.58. The van der Waals surface area contributed by atoms with Gasteiger partial charge in [0.25, 0.3) is 0 Å². The molecule has 0 unspecified atom stereocenters. The maximum Gasteiger partial charge on any atom is 0.337 e. The van der Waals surface area contributed by atoms with Crippen molar-refractivity contribution in [2.45, 2.75) is 38.5 Å². The summed E-state index contributed by atoms with van der Waals surface area (Å²) in [7, 11) is 2.60. The van der Waals surface area contributed by atoms with Crippen LogP contribution in [0.3, 0.4) is 0 Å². The molecule has 3 rings (SSSR count). The fourth-order valence-electron chi connectivity index (χ4n) is 2.82. The summed E-state index contributed by atoms with van der Waals surface area (Å²) >= 11 is 0. The zero-order chi connectivity index (χ0) is 23.9. The Kier molecular flexibility index (Phi) is 11.8. The van der Waals surface area contributed by atoms with Gasteiger partial charge in [-0.1, -0.05) is 44.6 Å². The maximum atomic E-state index is 11.0. The van der Waals surface area contributed by atoms with Crippen molar-refractivity contribution >= 4 is 23.9 Å². The fourth-order valence-corrected chi connectivity index (χ4v) is 2.82. The van der Waals surface area contributed by atoms with Crippen LogP contribution in [-0.2, 0) is 9.47 Å². The lowest BCUT2D eigenvalue weighted by Gasteiger charge is -2.05. The quantitative estimate of drug-likeness (QED) is 0.651. The molecule has 0 saturated heterocycles. The third kappa shape index (κ3) is 9.42. The van der Waals surface area contributed by atoms with Gasteiger partial charge in [0.2, 0.25) is 0 Å². The van der Waals surface area contributed by atoms with E-state index in [-0.39, 0.29) is 11.1 Å². The van der Waals surface area contributed by atoms with E-state index in [9.17, 15) is 19.2 Å². The number of methoxy groups -OCH3 is 2. The molecule has 2 aromatic carbocycles. The minimum atomic E-state index is -1.13. The van der Waals surface area contributed by atoms with Crippen molar-refractivity contribution in [1.29, 1.82) is 0 Å². The second-order valence-corrected chi connectivity index (χ2v) is 6.87. The number of carbonyl (C=O) groups is 4. The highest BCUT2D eigenvalue weighted by atomic mass is 16.5. The minimum absolute atomic E-state index is 0.0186. The molecule has 0 atom stereocenters. The van der Waals surface area contributed by atoms with Gasteiger partial charge in [-0.15, -0.1) is 0 Å². The molecular weight excluding hydrogens is 416 g/mol. The first-order chi connectivity index (χ1) is 15.3. The van der Waals surface area contributed by atoms with Crippen LogP contribution in [0.1, 0.15) is 80.0 Å². The average molecular weight is 444 g/mol. The second kappa shape index (κ2) is 14.3. The summed E-state index contributed by atoms with van der Waals surface area (Å²) in [6.07, 6.45) is 9.00. The molecule has 0 heterocycles. The molecule has 0 bridgehead atoms. The van der Waals surface area contributed by atoms with Crippen LogP contribution in [0.5, 0.6) is 0 Å². The van der Waals surface area contributed by atoms with E-state index < -0.39 is 23.9 Å². The zero-order valence-electron chi connectivity index (χ0n) is 18.2. The van der Waals surface area contributed by atoms with Gasteiger partial charge in [-0.05, 0) is 42.5 Å². The molecule has 2 N–H and O–H groups in total. The molecule has 8 heteroatoms. The summed E-state index contributed by atoms with van der Waals surface area (Å²) < 4.78 is 9.02. The molecule has 8 nitrogen and oxygen atoms in total. The van der Waals surface area contributed by atoms with Gasteiger partial charge in [0.1, 0.15) is 0 Å². The lowest BCUT2D eigenvalue weighted by Crippen LogP contribution is -2.04. The van der Waals surface area contributed by atoms with Crippen molar-refractivity contribution in [2.75, 3.05) is 14.2 Å². The van der Waals surface area contributed by atoms with Crippen molar-refractivity contribution in [2.24, 2.45) is 0 Å². The summed E-state index contributed by atoms with van der Waals surface area (Å²) in [5.74, 6) is -3.11. The number of hydrogen-bond acceptors (Lipinski definition) is 6. The highest BCUT2D eigenvalue weighted by Crippen LogP contribution is 2.15. The highest BCUT2D eigenvalue weighted by Gasteiger charge is 2.08. The van der Waals surface area contributed by atoms with E-state index in [1.165, 1.54) is 95.2 Å². The Morgan fingerprint density at radius 2 is 0.906 bits per heavy atom. The molecule has 0 aliphatic heterocycles. The van der Waals surface area contributed by atoms with Gasteiger partial charge in [0.05, 0.1) is 36.5 Å². The maximum absolute atomic E-state index is 11.0. The Labute approximate surface area is 186 Å². The first-order valence-corrected chi connectivity index (χ1v) is 10.1. The molecule has 1 saturated carbocycles. The molecule has 32 heavy (non-hydrogen) atoms. The SMILES string of the molecule is C1CCCCC1.COC(=O)c1ccc(C(=O)OC)cc1.O=C(O)c1cccc(C(=O)O)c1. The van der Waals surface area contributed by atoms with Gasteiger partial charge in [0, 0.05) is 0 Å². The van der Waals surface area contributed by atoms with Crippen molar-refractivity contribution in [3.05, 3.63) is 70.8 Å². The second-order valence-electron chi connectivity index (χ2n) is 6.87. The van der Waals surface area contributed by atoms with Crippen molar-refractivity contribution in [1.82, 2.24) is 0 Å². The van der Waals surface area contributed by atoms with E-state index in [2.05, 4.69) is 9.47 Å². The largest absolute Gasteiger partial charge is 0.478 e. The highest BCUT2D eigenvalue weighted by molar-refractivity contribution is 5.94. The van der Waals surface area contributed by atoms with Gasteiger partial charge in [-0.2, -0.15) is 0 Å². The van der Waals surface area contributed by atoms with E-state index in [1.807, 2.05) is 0 Å². The van der Waals surface area contributed by atoms with Gasteiger partial charge in [0.15, 0.2) is 0 Å². The molecule has 1 fully saturated rings. The van der Waals surface area contributed by atoms with E-state index >= 15 is 0 Å². The zero-order valence-corrected chi connectivity index (χ0v) is 18.2. The number of ether oxygens (including phenoxy) is 2. The van der Waals surface area contributed by atoms with Gasteiger partial charge < -0.3 is 19.7 Å². The van der Waals surface area contributed by atoms with Crippen molar-refractivity contribution < 1.29 is 38.9 Å². The molecular formula is C24H28O8. The van der Waals surface area contributed by atoms with Gasteiger partial charge >= 0.3 is 23.9 Å². The van der Waals surface area contributed by atoms with Crippen LogP contribution in [-0.4, -0.2) is 48.3 Å². The predicted octanol–water partition coefficient (Wildman–Crippen LogP) is 4.68. The van der Waals surface area contributed by atoms with Crippen molar-refractivity contribution in [3.63, 3.8) is 0 Å². The van der Waals surface area contributed by atoms with Crippen molar-refractivity contribution in [3.8, 4) is 0 Å². The van der Waals surface area contributed by atoms with Gasteiger partial charge in [-0.25, -0.2) is 19.2 Å². The number of hydrogen-bond donors (Lipinski definition) is 2. The van der Waals surface area contributed by atoms with Crippen LogP contribution in [0.25, 0.3) is 0 Å². The van der Waals surface area contributed by atoms with Crippen LogP contribution >= 0.6 is 0 Å². The normalized spacial score (nSPS) is 12.1. The Morgan fingerprint density at radius 1 is 0.594 bits per heavy atom. The summed E-state index contributed by atoms with van der Waals surface area (Å²) in [6.45, 7) is 0. The standard InChI is InChI=1S/C10H10O4.C8H6O4.C6H12/c1-13-9(11)7-3-5-8(6-4-7)10(12)14-2;9-7(10)5-2-1-3-6(4-5)8(11)12;1-2-4-6-5-3-1/h3-6H,1-2H3;1-4H,(H,9,10)(H,11,12);1-6H2. The molecule has 1 aliphatic carbocycles. The molecule has 0 aromatic heterocycles. The lowest BCUT2D eigenvalue weighted by molar-refractivity contribution is 0.0586. The van der Waals surface area contributed by atoms with Crippen LogP contribution in [0.2, 0.25) is 0 Å². The number of rotatable bonds is 4. The number of carboxylic acid groups (broad SMARTS) is 2. The monoisotopic (exact) mass is 444 g/mol. The van der Waals surface area contributed by atoms with Crippen LogP contribution in [0, 0.1) is 0 Å². The first kappa shape index (κ1) is 26.4. The van der Waals surface area contributed by atoms with Crippen LogP contribution in [0.4, 0.5) is 0 Å². The molecule has 172 valence electrons. The van der Waals surface area contributed by atoms with E-state index in [0.29, 0.717) is 11.1 Å². The number of esters is 2. The molecule has 0 spiro atoms.